The molecule has 0 spiro atoms. The molecule has 226 valence electrons. The van der Waals surface area contributed by atoms with Crippen LogP contribution in [0.4, 0.5) is 5.69 Å². The lowest BCUT2D eigenvalue weighted by atomic mass is 9.76. The molecule has 2 N–H and O–H groups in total. The third kappa shape index (κ3) is 6.35. The van der Waals surface area contributed by atoms with Crippen molar-refractivity contribution in [1.82, 2.24) is 10.3 Å². The van der Waals surface area contributed by atoms with Crippen LogP contribution in [0.3, 0.4) is 0 Å². The minimum Gasteiger partial charge on any atom is -0.386 e. The second-order valence-corrected chi connectivity index (χ2v) is 16.0. The summed E-state index contributed by atoms with van der Waals surface area (Å²) < 4.78 is 23.8. The van der Waals surface area contributed by atoms with Gasteiger partial charge in [-0.15, -0.1) is 11.3 Å². The maximum atomic E-state index is 13.6. The van der Waals surface area contributed by atoms with Gasteiger partial charge in [0.2, 0.25) is 5.91 Å². The van der Waals surface area contributed by atoms with Crippen molar-refractivity contribution in [3.05, 3.63) is 59.8 Å². The first kappa shape index (κ1) is 29.8. The quantitative estimate of drug-likeness (QED) is 0.364. The van der Waals surface area contributed by atoms with Crippen molar-refractivity contribution in [3.8, 4) is 27.1 Å². The lowest BCUT2D eigenvalue weighted by Gasteiger charge is -2.31. The highest BCUT2D eigenvalue weighted by Crippen LogP contribution is 2.47. The van der Waals surface area contributed by atoms with Crippen molar-refractivity contribution >= 4 is 32.8 Å². The van der Waals surface area contributed by atoms with Crippen LogP contribution in [-0.2, 0) is 20.2 Å². The zero-order valence-corrected chi connectivity index (χ0v) is 26.3. The number of hydrogen-bond donors (Lipinski definition) is 2. The number of nitrogens with one attached hydrogen (secondary N) is 1. The minimum absolute atomic E-state index is 0.0471. The topological polar surface area (TPSA) is 123 Å². The van der Waals surface area contributed by atoms with Crippen LogP contribution in [0.2, 0.25) is 0 Å². The number of anilines is 1. The number of hydrogen-bond acceptors (Lipinski definition) is 8. The van der Waals surface area contributed by atoms with Gasteiger partial charge in [-0.3, -0.25) is 4.79 Å². The summed E-state index contributed by atoms with van der Waals surface area (Å²) in [5.41, 5.74) is 3.06. The molecule has 10 heteroatoms. The highest BCUT2D eigenvalue weighted by molar-refractivity contribution is 7.91. The van der Waals surface area contributed by atoms with Crippen molar-refractivity contribution in [1.29, 1.82) is 5.26 Å². The largest absolute Gasteiger partial charge is 0.386 e. The van der Waals surface area contributed by atoms with Crippen molar-refractivity contribution in [2.75, 3.05) is 29.5 Å². The van der Waals surface area contributed by atoms with Crippen LogP contribution < -0.4 is 10.2 Å². The van der Waals surface area contributed by atoms with Gasteiger partial charge in [0.15, 0.2) is 9.84 Å². The Bertz CT molecular complexity index is 1630. The SMILES string of the molecule is CC(C)(O)c1ccc(-c2nc(C3CCCCC3C(=O)NC3(C#N)CC3)c(-c3ccc(N4CCS(=O)(=O)CC4)cc3)s2)cc1. The van der Waals surface area contributed by atoms with Crippen molar-refractivity contribution in [3.63, 3.8) is 0 Å². The number of nitrogens with zero attached hydrogens (tertiary/aromatic N) is 3. The molecule has 1 saturated heterocycles. The van der Waals surface area contributed by atoms with Crippen LogP contribution in [0.15, 0.2) is 48.5 Å². The predicted molar refractivity (Wildman–Crippen MR) is 170 cm³/mol. The first-order valence-electron chi connectivity index (χ1n) is 15.1. The normalized spacial score (nSPS) is 22.9. The van der Waals surface area contributed by atoms with Crippen LogP contribution in [-0.4, -0.2) is 54.5 Å². The molecule has 6 rings (SSSR count). The smallest absolute Gasteiger partial charge is 0.225 e. The summed E-state index contributed by atoms with van der Waals surface area (Å²) in [6.45, 7) is 4.50. The van der Waals surface area contributed by atoms with Crippen molar-refractivity contribution in [2.24, 2.45) is 5.92 Å². The summed E-state index contributed by atoms with van der Waals surface area (Å²) >= 11 is 1.61. The molecule has 2 aliphatic carbocycles. The van der Waals surface area contributed by atoms with E-state index in [0.29, 0.717) is 25.9 Å². The van der Waals surface area contributed by atoms with Gasteiger partial charge in [0, 0.05) is 36.2 Å². The monoisotopic (exact) mass is 618 g/mol. The van der Waals surface area contributed by atoms with Crippen LogP contribution in [0.5, 0.6) is 0 Å². The van der Waals surface area contributed by atoms with Crippen LogP contribution >= 0.6 is 11.3 Å². The summed E-state index contributed by atoms with van der Waals surface area (Å²) in [4.78, 5) is 21.9. The molecule has 0 bridgehead atoms. The van der Waals surface area contributed by atoms with Gasteiger partial charge >= 0.3 is 0 Å². The zero-order valence-electron chi connectivity index (χ0n) is 24.7. The Morgan fingerprint density at radius 1 is 1.05 bits per heavy atom. The Kier molecular flexibility index (Phi) is 7.86. The molecule has 43 heavy (non-hydrogen) atoms. The summed E-state index contributed by atoms with van der Waals surface area (Å²) in [7, 11) is -2.96. The number of aromatic nitrogens is 1. The van der Waals surface area contributed by atoms with E-state index in [2.05, 4.69) is 28.4 Å². The number of carbonyl (C=O) groups is 1. The third-order valence-electron chi connectivity index (χ3n) is 9.11. The van der Waals surface area contributed by atoms with E-state index in [1.807, 2.05) is 36.4 Å². The summed E-state index contributed by atoms with van der Waals surface area (Å²) in [6.07, 6.45) is 5.01. The average molecular weight is 619 g/mol. The maximum absolute atomic E-state index is 13.6. The predicted octanol–water partition coefficient (Wildman–Crippen LogP) is 5.39. The number of benzene rings is 2. The second kappa shape index (κ2) is 11.3. The van der Waals surface area contributed by atoms with Gasteiger partial charge in [0.05, 0.1) is 33.7 Å². The Balaban J connectivity index is 1.35. The van der Waals surface area contributed by atoms with Crippen LogP contribution in [0.1, 0.15) is 69.5 Å². The van der Waals surface area contributed by atoms with Gasteiger partial charge in [0.25, 0.3) is 0 Å². The highest BCUT2D eigenvalue weighted by Gasteiger charge is 2.47. The lowest BCUT2D eigenvalue weighted by molar-refractivity contribution is -0.127. The molecule has 2 unspecified atom stereocenters. The second-order valence-electron chi connectivity index (χ2n) is 12.7. The Morgan fingerprint density at radius 3 is 2.28 bits per heavy atom. The molecule has 1 amide bonds. The van der Waals surface area contributed by atoms with Gasteiger partial charge in [-0.05, 0) is 62.8 Å². The maximum Gasteiger partial charge on any atom is 0.225 e. The van der Waals surface area contributed by atoms with E-state index in [1.54, 1.807) is 25.2 Å². The fraction of sp³-hybridized carbons (Fsp3) is 0.485. The van der Waals surface area contributed by atoms with E-state index in [1.165, 1.54) is 0 Å². The molecule has 1 aromatic heterocycles. The van der Waals surface area contributed by atoms with Gasteiger partial charge in [-0.25, -0.2) is 13.4 Å². The highest BCUT2D eigenvalue weighted by atomic mass is 32.2. The third-order valence-corrected chi connectivity index (χ3v) is 11.9. The summed E-state index contributed by atoms with van der Waals surface area (Å²) in [5.74, 6) is -0.0242. The number of carbonyl (C=O) groups excluding carboxylic acids is 1. The number of nitriles is 1. The van der Waals surface area contributed by atoms with E-state index in [9.17, 15) is 23.6 Å². The molecule has 8 nitrogen and oxygen atoms in total. The van der Waals surface area contributed by atoms with Crippen LogP contribution in [0.25, 0.3) is 21.0 Å². The molecule has 2 saturated carbocycles. The van der Waals surface area contributed by atoms with Gasteiger partial charge in [-0.2, -0.15) is 5.26 Å². The number of rotatable bonds is 7. The number of sulfone groups is 1. The molecular weight excluding hydrogens is 581 g/mol. The fourth-order valence-corrected chi connectivity index (χ4v) is 8.57. The average Bonchev–Trinajstić information content (AvgIpc) is 3.63. The van der Waals surface area contributed by atoms with Gasteiger partial charge in [-0.1, -0.05) is 49.2 Å². The summed E-state index contributed by atoms with van der Waals surface area (Å²) in [5, 5.41) is 24.0. The Hall–Kier alpha value is -3.26. The molecule has 0 radical (unpaired) electrons. The van der Waals surface area contributed by atoms with E-state index < -0.39 is 21.0 Å². The molecule has 1 aliphatic heterocycles. The molecule has 3 aromatic rings. The van der Waals surface area contributed by atoms with E-state index in [-0.39, 0.29) is 29.2 Å². The summed E-state index contributed by atoms with van der Waals surface area (Å²) in [6, 6.07) is 18.4. The lowest BCUT2D eigenvalue weighted by Crippen LogP contribution is -2.42. The van der Waals surface area contributed by atoms with Gasteiger partial charge in [0.1, 0.15) is 10.5 Å². The standard InChI is InChI=1S/C33H38N4O4S2/c1-32(2,39)24-11-7-23(8-12-24)31-35-28(26-5-3-4-6-27(26)30(38)36-33(21-34)15-16-33)29(42-31)22-9-13-25(14-10-22)37-17-19-43(40,41)20-18-37/h7-14,26-27,39H,3-6,15-20H2,1-2H3,(H,36,38). The van der Waals surface area contributed by atoms with E-state index in [0.717, 1.165) is 63.6 Å². The van der Waals surface area contributed by atoms with E-state index >= 15 is 0 Å². The first-order valence-corrected chi connectivity index (χ1v) is 17.7. The molecular formula is C33H38N4O4S2. The first-order chi connectivity index (χ1) is 20.5. The van der Waals surface area contributed by atoms with Gasteiger partial charge < -0.3 is 15.3 Å². The molecule has 2 atom stereocenters. The van der Waals surface area contributed by atoms with E-state index in [4.69, 9.17) is 4.98 Å². The molecule has 2 heterocycles. The zero-order chi connectivity index (χ0) is 30.4. The van der Waals surface area contributed by atoms with Crippen LogP contribution in [0, 0.1) is 17.2 Å². The number of aliphatic hydroxyl groups is 1. The van der Waals surface area contributed by atoms with Crippen molar-refractivity contribution < 1.29 is 18.3 Å². The molecule has 3 aliphatic rings. The minimum atomic E-state index is -2.96. The molecule has 3 fully saturated rings. The number of amides is 1. The Morgan fingerprint density at radius 2 is 1.67 bits per heavy atom. The fourth-order valence-electron chi connectivity index (χ4n) is 6.22. The Labute approximate surface area is 257 Å². The molecule has 2 aromatic carbocycles. The number of thiazole rings is 1. The van der Waals surface area contributed by atoms with Crippen molar-refractivity contribution in [2.45, 2.75) is 69.4 Å².